The summed E-state index contributed by atoms with van der Waals surface area (Å²) in [5, 5.41) is 13.9. The molecule has 7 heteroatoms. The molecule has 0 heterocycles. The van der Waals surface area contributed by atoms with Gasteiger partial charge in [-0.1, -0.05) is 13.8 Å². The Morgan fingerprint density at radius 2 is 1.70 bits per heavy atom. The fraction of sp³-hybridized carbons (Fsp3) is 0.769. The van der Waals surface area contributed by atoms with Gasteiger partial charge < -0.3 is 15.7 Å². The molecule has 0 saturated heterocycles. The van der Waals surface area contributed by atoms with Crippen molar-refractivity contribution in [1.29, 1.82) is 0 Å². The van der Waals surface area contributed by atoms with E-state index < -0.39 is 17.9 Å². The SMILES string of the molecule is CCC(CC)NC(=O)C(C)SCC(NC(C)=O)C(=O)O. The van der Waals surface area contributed by atoms with E-state index in [2.05, 4.69) is 10.6 Å². The summed E-state index contributed by atoms with van der Waals surface area (Å²) in [4.78, 5) is 33.8. The van der Waals surface area contributed by atoms with E-state index in [1.807, 2.05) is 13.8 Å². The van der Waals surface area contributed by atoms with Gasteiger partial charge in [0.2, 0.25) is 11.8 Å². The molecule has 0 fully saturated rings. The molecule has 2 unspecified atom stereocenters. The van der Waals surface area contributed by atoms with Gasteiger partial charge in [-0.2, -0.15) is 0 Å². The fourth-order valence-corrected chi connectivity index (χ4v) is 2.47. The van der Waals surface area contributed by atoms with Crippen molar-refractivity contribution in [3.05, 3.63) is 0 Å². The summed E-state index contributed by atoms with van der Waals surface area (Å²) in [6, 6.07) is -0.822. The molecule has 0 aromatic carbocycles. The van der Waals surface area contributed by atoms with Gasteiger partial charge in [0.05, 0.1) is 5.25 Å². The number of hydrogen-bond donors (Lipinski definition) is 3. The third-order valence-electron chi connectivity index (χ3n) is 2.89. The Labute approximate surface area is 124 Å². The lowest BCUT2D eigenvalue weighted by atomic mass is 10.2. The minimum absolute atomic E-state index is 0.101. The van der Waals surface area contributed by atoms with E-state index in [9.17, 15) is 14.4 Å². The number of carbonyl (C=O) groups is 3. The number of carbonyl (C=O) groups excluding carboxylic acids is 2. The van der Waals surface area contributed by atoms with E-state index >= 15 is 0 Å². The van der Waals surface area contributed by atoms with Crippen LogP contribution in [0.15, 0.2) is 0 Å². The van der Waals surface area contributed by atoms with Crippen molar-refractivity contribution in [2.45, 2.75) is 57.9 Å². The van der Waals surface area contributed by atoms with Gasteiger partial charge in [-0.15, -0.1) is 11.8 Å². The summed E-state index contributed by atoms with van der Waals surface area (Å²) in [6.07, 6.45) is 1.73. The highest BCUT2D eigenvalue weighted by atomic mass is 32.2. The van der Waals surface area contributed by atoms with E-state index in [0.29, 0.717) is 0 Å². The Morgan fingerprint density at radius 1 is 1.15 bits per heavy atom. The maximum Gasteiger partial charge on any atom is 0.327 e. The first-order valence-corrected chi connectivity index (χ1v) is 7.78. The number of hydrogen-bond acceptors (Lipinski definition) is 4. The summed E-state index contributed by atoms with van der Waals surface area (Å²) in [5.74, 6) is -1.44. The molecule has 0 spiro atoms. The molecule has 0 rings (SSSR count). The summed E-state index contributed by atoms with van der Waals surface area (Å²) in [5.41, 5.74) is 0. The monoisotopic (exact) mass is 304 g/mol. The average molecular weight is 304 g/mol. The average Bonchev–Trinajstić information content (AvgIpc) is 2.39. The number of nitrogens with one attached hydrogen (secondary N) is 2. The predicted molar refractivity (Wildman–Crippen MR) is 79.7 cm³/mol. The first-order valence-electron chi connectivity index (χ1n) is 6.73. The van der Waals surface area contributed by atoms with Crippen LogP contribution in [0.2, 0.25) is 0 Å². The van der Waals surface area contributed by atoms with E-state index in [4.69, 9.17) is 5.11 Å². The van der Waals surface area contributed by atoms with Crippen LogP contribution < -0.4 is 10.6 Å². The van der Waals surface area contributed by atoms with Gasteiger partial charge in [0.1, 0.15) is 6.04 Å². The Bertz CT molecular complexity index is 345. The molecule has 0 radical (unpaired) electrons. The summed E-state index contributed by atoms with van der Waals surface area (Å²) in [6.45, 7) is 7.01. The highest BCUT2D eigenvalue weighted by Gasteiger charge is 2.22. The fourth-order valence-electron chi connectivity index (χ4n) is 1.55. The molecule has 2 amide bonds. The molecule has 116 valence electrons. The molecule has 3 N–H and O–H groups in total. The van der Waals surface area contributed by atoms with Crippen LogP contribution in [0.3, 0.4) is 0 Å². The quantitative estimate of drug-likeness (QED) is 0.591. The largest absolute Gasteiger partial charge is 0.480 e. The molecular weight excluding hydrogens is 280 g/mol. The second-order valence-electron chi connectivity index (χ2n) is 4.59. The lowest BCUT2D eigenvalue weighted by molar-refractivity contribution is -0.140. The van der Waals surface area contributed by atoms with Gasteiger partial charge in [-0.25, -0.2) is 4.79 Å². The minimum Gasteiger partial charge on any atom is -0.480 e. The van der Waals surface area contributed by atoms with Crippen molar-refractivity contribution < 1.29 is 19.5 Å². The van der Waals surface area contributed by atoms with Crippen LogP contribution in [-0.4, -0.2) is 46.0 Å². The van der Waals surface area contributed by atoms with E-state index in [1.165, 1.54) is 18.7 Å². The van der Waals surface area contributed by atoms with Crippen LogP contribution in [0.4, 0.5) is 0 Å². The van der Waals surface area contributed by atoms with Gasteiger partial charge in [-0.3, -0.25) is 9.59 Å². The van der Waals surface area contributed by atoms with Crippen LogP contribution >= 0.6 is 11.8 Å². The first kappa shape index (κ1) is 18.8. The number of carboxylic acid groups (broad SMARTS) is 1. The Hall–Kier alpha value is -1.24. The van der Waals surface area contributed by atoms with E-state index in [1.54, 1.807) is 6.92 Å². The molecule has 0 bridgehead atoms. The third kappa shape index (κ3) is 7.37. The summed E-state index contributed by atoms with van der Waals surface area (Å²) < 4.78 is 0. The molecule has 0 aliphatic heterocycles. The minimum atomic E-state index is -1.10. The predicted octanol–water partition coefficient (Wildman–Crippen LogP) is 1.00. The highest BCUT2D eigenvalue weighted by Crippen LogP contribution is 2.13. The third-order valence-corrected chi connectivity index (χ3v) is 4.13. The van der Waals surface area contributed by atoms with Gasteiger partial charge in [0.15, 0.2) is 0 Å². The molecule has 20 heavy (non-hydrogen) atoms. The van der Waals surface area contributed by atoms with Crippen LogP contribution in [0.1, 0.15) is 40.5 Å². The lowest BCUT2D eigenvalue weighted by Gasteiger charge is -2.19. The number of carboxylic acids is 1. The number of thioether (sulfide) groups is 1. The van der Waals surface area contributed by atoms with Crippen molar-refractivity contribution in [2.75, 3.05) is 5.75 Å². The summed E-state index contributed by atoms with van der Waals surface area (Å²) in [7, 11) is 0. The smallest absolute Gasteiger partial charge is 0.327 e. The second-order valence-corrected chi connectivity index (χ2v) is 5.96. The Kier molecular flexibility index (Phi) is 9.03. The van der Waals surface area contributed by atoms with Crippen molar-refractivity contribution >= 4 is 29.5 Å². The van der Waals surface area contributed by atoms with E-state index in [-0.39, 0.29) is 23.0 Å². The molecule has 0 aliphatic rings. The van der Waals surface area contributed by atoms with Crippen molar-refractivity contribution in [1.82, 2.24) is 10.6 Å². The zero-order chi connectivity index (χ0) is 15.7. The first-order chi connectivity index (χ1) is 9.31. The highest BCUT2D eigenvalue weighted by molar-refractivity contribution is 8.00. The van der Waals surface area contributed by atoms with Crippen LogP contribution in [0.25, 0.3) is 0 Å². The zero-order valence-corrected chi connectivity index (χ0v) is 13.3. The topological polar surface area (TPSA) is 95.5 Å². The molecular formula is C13H24N2O4S. The summed E-state index contributed by atoms with van der Waals surface area (Å²) >= 11 is 1.22. The van der Waals surface area contributed by atoms with Crippen LogP contribution in [0.5, 0.6) is 0 Å². The Morgan fingerprint density at radius 3 is 2.10 bits per heavy atom. The molecule has 2 atom stereocenters. The van der Waals surface area contributed by atoms with Gasteiger partial charge in [0, 0.05) is 18.7 Å². The number of amides is 2. The molecule has 0 aromatic heterocycles. The number of aliphatic carboxylic acids is 1. The second kappa shape index (κ2) is 9.63. The lowest BCUT2D eigenvalue weighted by Crippen LogP contribution is -2.43. The molecule has 0 saturated carbocycles. The van der Waals surface area contributed by atoms with Crippen LogP contribution in [-0.2, 0) is 14.4 Å². The van der Waals surface area contributed by atoms with Crippen LogP contribution in [0, 0.1) is 0 Å². The van der Waals surface area contributed by atoms with Gasteiger partial charge in [0.25, 0.3) is 0 Å². The maximum absolute atomic E-state index is 11.9. The zero-order valence-electron chi connectivity index (χ0n) is 12.4. The molecule has 0 aromatic rings. The number of rotatable bonds is 9. The normalized spacial score (nSPS) is 13.7. The Balaban J connectivity index is 4.30. The van der Waals surface area contributed by atoms with Gasteiger partial charge in [-0.05, 0) is 19.8 Å². The van der Waals surface area contributed by atoms with Gasteiger partial charge >= 0.3 is 5.97 Å². The molecule has 6 nitrogen and oxygen atoms in total. The van der Waals surface area contributed by atoms with Crippen molar-refractivity contribution in [3.8, 4) is 0 Å². The van der Waals surface area contributed by atoms with Crippen molar-refractivity contribution in [3.63, 3.8) is 0 Å². The van der Waals surface area contributed by atoms with Crippen molar-refractivity contribution in [2.24, 2.45) is 0 Å². The molecule has 0 aliphatic carbocycles. The standard InChI is InChI=1S/C13H24N2O4S/c1-5-10(6-2)15-12(17)8(3)20-7-11(13(18)19)14-9(4)16/h8,10-11H,5-7H2,1-4H3,(H,14,16)(H,15,17)(H,18,19). The van der Waals surface area contributed by atoms with E-state index in [0.717, 1.165) is 12.8 Å². The maximum atomic E-state index is 11.9.